The van der Waals surface area contributed by atoms with Crippen LogP contribution in [0.25, 0.3) is 0 Å². The van der Waals surface area contributed by atoms with Gasteiger partial charge in [0.1, 0.15) is 11.4 Å². The number of hydrogen-bond acceptors (Lipinski definition) is 4. The average Bonchev–Trinajstić information content (AvgIpc) is 2.45. The number of hydrogen-bond donors (Lipinski definition) is 1. The number of benzene rings is 1. The number of anilines is 2. The van der Waals surface area contributed by atoms with Crippen molar-refractivity contribution < 1.29 is 9.90 Å². The molecule has 0 radical (unpaired) electrons. The maximum atomic E-state index is 11.5. The first-order chi connectivity index (χ1) is 9.93. The molecule has 2 aromatic rings. The second kappa shape index (κ2) is 5.63. The van der Waals surface area contributed by atoms with Crippen molar-refractivity contribution in [1.82, 2.24) is 4.98 Å². The molecular weight excluding hydrogens is 266 g/mol. The molecule has 0 saturated carbocycles. The summed E-state index contributed by atoms with van der Waals surface area (Å²) in [6.45, 7) is 3.59. The van der Waals surface area contributed by atoms with E-state index >= 15 is 0 Å². The number of carbonyl (C=O) groups is 1. The fraction of sp³-hybridized carbons (Fsp3) is 0.188. The lowest BCUT2D eigenvalue weighted by Gasteiger charge is -2.21. The second-order valence-corrected chi connectivity index (χ2v) is 4.80. The molecular formula is C16H15N3O2. The van der Waals surface area contributed by atoms with Crippen LogP contribution in [0.5, 0.6) is 0 Å². The molecule has 0 saturated heterocycles. The van der Waals surface area contributed by atoms with Gasteiger partial charge >= 0.3 is 5.97 Å². The third kappa shape index (κ3) is 2.84. The molecule has 5 heteroatoms. The van der Waals surface area contributed by atoms with Gasteiger partial charge in [0.15, 0.2) is 0 Å². The van der Waals surface area contributed by atoms with E-state index in [1.807, 2.05) is 6.92 Å². The average molecular weight is 281 g/mol. The van der Waals surface area contributed by atoms with E-state index in [1.54, 1.807) is 49.2 Å². The van der Waals surface area contributed by atoms with E-state index in [4.69, 9.17) is 5.26 Å². The van der Waals surface area contributed by atoms with Crippen LogP contribution in [0.4, 0.5) is 11.5 Å². The summed E-state index contributed by atoms with van der Waals surface area (Å²) in [5.41, 5.74) is 2.94. The van der Waals surface area contributed by atoms with Crippen molar-refractivity contribution in [3.05, 3.63) is 52.7 Å². The molecule has 1 aromatic carbocycles. The van der Waals surface area contributed by atoms with Gasteiger partial charge in [-0.2, -0.15) is 5.26 Å². The minimum absolute atomic E-state index is 0.187. The van der Waals surface area contributed by atoms with E-state index < -0.39 is 5.97 Å². The number of aryl methyl sites for hydroxylation is 2. The highest BCUT2D eigenvalue weighted by atomic mass is 16.4. The Hall–Kier alpha value is -2.87. The molecule has 0 fully saturated rings. The Kier molecular flexibility index (Phi) is 3.90. The third-order valence-corrected chi connectivity index (χ3v) is 3.24. The van der Waals surface area contributed by atoms with E-state index in [2.05, 4.69) is 11.1 Å². The summed E-state index contributed by atoms with van der Waals surface area (Å²) in [7, 11) is 1.76. The first-order valence-corrected chi connectivity index (χ1v) is 6.39. The number of nitrogens with zero attached hydrogens (tertiary/aromatic N) is 3. The van der Waals surface area contributed by atoms with Gasteiger partial charge in [0, 0.05) is 18.4 Å². The Bertz CT molecular complexity index is 730. The van der Waals surface area contributed by atoms with Crippen LogP contribution < -0.4 is 4.90 Å². The summed E-state index contributed by atoms with van der Waals surface area (Å²) in [4.78, 5) is 17.5. The van der Waals surface area contributed by atoms with E-state index in [9.17, 15) is 9.90 Å². The molecule has 0 aliphatic heterocycles. The van der Waals surface area contributed by atoms with Crippen LogP contribution in [-0.4, -0.2) is 23.1 Å². The summed E-state index contributed by atoms with van der Waals surface area (Å²) in [6, 6.07) is 10.7. The van der Waals surface area contributed by atoms with E-state index in [0.29, 0.717) is 16.9 Å². The second-order valence-electron chi connectivity index (χ2n) is 4.80. The Morgan fingerprint density at radius 3 is 2.43 bits per heavy atom. The summed E-state index contributed by atoms with van der Waals surface area (Å²) >= 11 is 0. The van der Waals surface area contributed by atoms with Gasteiger partial charge in [-0.1, -0.05) is 0 Å². The first-order valence-electron chi connectivity index (χ1n) is 6.39. The van der Waals surface area contributed by atoms with Gasteiger partial charge in [-0.3, -0.25) is 0 Å². The van der Waals surface area contributed by atoms with E-state index in [1.165, 1.54) is 0 Å². The van der Waals surface area contributed by atoms with Gasteiger partial charge in [-0.25, -0.2) is 9.78 Å². The normalized spacial score (nSPS) is 10.0. The van der Waals surface area contributed by atoms with Gasteiger partial charge in [0.05, 0.1) is 11.6 Å². The predicted octanol–water partition coefficient (Wildman–Crippen LogP) is 3.04. The molecule has 0 amide bonds. The van der Waals surface area contributed by atoms with Crippen LogP contribution in [-0.2, 0) is 0 Å². The molecule has 0 unspecified atom stereocenters. The van der Waals surface area contributed by atoms with Gasteiger partial charge in [0.2, 0.25) is 0 Å². The lowest BCUT2D eigenvalue weighted by Crippen LogP contribution is -2.17. The summed E-state index contributed by atoms with van der Waals surface area (Å²) in [5.74, 6) is -0.611. The van der Waals surface area contributed by atoms with E-state index in [0.717, 1.165) is 11.4 Å². The van der Waals surface area contributed by atoms with Crippen molar-refractivity contribution in [2.75, 3.05) is 11.9 Å². The number of carboxylic acids is 1. The van der Waals surface area contributed by atoms with Crippen LogP contribution in [0.1, 0.15) is 27.2 Å². The SMILES string of the molecule is Cc1cc(C)c(C(=O)O)c(N(C)c2ccc(C#N)cc2)n1. The van der Waals surface area contributed by atoms with Crippen LogP contribution in [0.15, 0.2) is 30.3 Å². The van der Waals surface area contributed by atoms with Crippen molar-refractivity contribution in [2.24, 2.45) is 0 Å². The highest BCUT2D eigenvalue weighted by Crippen LogP contribution is 2.28. The molecule has 0 bridgehead atoms. The molecule has 5 nitrogen and oxygen atoms in total. The van der Waals surface area contributed by atoms with Crippen LogP contribution in [0, 0.1) is 25.2 Å². The lowest BCUT2D eigenvalue weighted by molar-refractivity contribution is 0.0696. The maximum absolute atomic E-state index is 11.5. The third-order valence-electron chi connectivity index (χ3n) is 3.24. The molecule has 0 aliphatic rings. The Balaban J connectivity index is 2.54. The largest absolute Gasteiger partial charge is 0.478 e. The zero-order chi connectivity index (χ0) is 15.6. The number of carboxylic acid groups (broad SMARTS) is 1. The minimum Gasteiger partial charge on any atom is -0.478 e. The Labute approximate surface area is 123 Å². The summed E-state index contributed by atoms with van der Waals surface area (Å²) in [6.07, 6.45) is 0. The molecule has 0 atom stereocenters. The molecule has 1 N–H and O–H groups in total. The number of nitriles is 1. The quantitative estimate of drug-likeness (QED) is 0.935. The number of aromatic carboxylic acids is 1. The number of pyridine rings is 1. The van der Waals surface area contributed by atoms with Gasteiger partial charge in [-0.05, 0) is 49.7 Å². The molecule has 106 valence electrons. The molecule has 21 heavy (non-hydrogen) atoms. The zero-order valence-corrected chi connectivity index (χ0v) is 12.1. The van der Waals surface area contributed by atoms with Crippen molar-refractivity contribution >= 4 is 17.5 Å². The van der Waals surface area contributed by atoms with Gasteiger partial charge in [0.25, 0.3) is 0 Å². The molecule has 1 aromatic heterocycles. The van der Waals surface area contributed by atoms with Crippen LogP contribution >= 0.6 is 0 Å². The fourth-order valence-electron chi connectivity index (χ4n) is 2.21. The van der Waals surface area contributed by atoms with Crippen molar-refractivity contribution in [3.63, 3.8) is 0 Å². The topological polar surface area (TPSA) is 77.2 Å². The van der Waals surface area contributed by atoms with Crippen molar-refractivity contribution in [2.45, 2.75) is 13.8 Å². The Morgan fingerprint density at radius 2 is 1.90 bits per heavy atom. The molecule has 0 aliphatic carbocycles. The van der Waals surface area contributed by atoms with Crippen LogP contribution in [0.2, 0.25) is 0 Å². The Morgan fingerprint density at radius 1 is 1.29 bits per heavy atom. The number of aromatic nitrogens is 1. The first kappa shape index (κ1) is 14.5. The van der Waals surface area contributed by atoms with Gasteiger partial charge < -0.3 is 10.0 Å². The zero-order valence-electron chi connectivity index (χ0n) is 12.1. The predicted molar refractivity (Wildman–Crippen MR) is 79.9 cm³/mol. The minimum atomic E-state index is -1.00. The highest BCUT2D eigenvalue weighted by Gasteiger charge is 2.19. The summed E-state index contributed by atoms with van der Waals surface area (Å²) < 4.78 is 0. The fourth-order valence-corrected chi connectivity index (χ4v) is 2.21. The highest BCUT2D eigenvalue weighted by molar-refractivity contribution is 5.96. The monoisotopic (exact) mass is 281 g/mol. The van der Waals surface area contributed by atoms with Crippen molar-refractivity contribution in [3.8, 4) is 6.07 Å². The molecule has 2 rings (SSSR count). The maximum Gasteiger partial charge on any atom is 0.339 e. The standard InChI is InChI=1S/C16H15N3O2/c1-10-8-11(2)18-15(14(10)16(20)21)19(3)13-6-4-12(9-17)5-7-13/h4-8H,1-3H3,(H,20,21). The van der Waals surface area contributed by atoms with E-state index in [-0.39, 0.29) is 5.56 Å². The smallest absolute Gasteiger partial charge is 0.339 e. The lowest BCUT2D eigenvalue weighted by atomic mass is 10.1. The van der Waals surface area contributed by atoms with Crippen LogP contribution in [0.3, 0.4) is 0 Å². The van der Waals surface area contributed by atoms with Gasteiger partial charge in [-0.15, -0.1) is 0 Å². The van der Waals surface area contributed by atoms with Crippen molar-refractivity contribution in [1.29, 1.82) is 5.26 Å². The number of rotatable bonds is 3. The summed E-state index contributed by atoms with van der Waals surface area (Å²) in [5, 5.41) is 18.2. The molecule has 1 heterocycles. The molecule has 0 spiro atoms.